The molecule has 178 valence electrons. The SMILES string of the molecule is COC(=O)[C@]1(C#N)[C@H](c2ccccc2)[C@H](C(=O)c2cccc([N+](=O)[O-])c2)N2c3ccccc3C=C[C@H]21. The van der Waals surface area contributed by atoms with Crippen molar-refractivity contribution in [3.8, 4) is 6.07 Å². The zero-order valence-corrected chi connectivity index (χ0v) is 19.3. The van der Waals surface area contributed by atoms with E-state index in [1.807, 2.05) is 36.4 Å². The number of nitriles is 1. The summed E-state index contributed by atoms with van der Waals surface area (Å²) in [7, 11) is 1.23. The summed E-state index contributed by atoms with van der Waals surface area (Å²) >= 11 is 0. The van der Waals surface area contributed by atoms with Gasteiger partial charge in [0.15, 0.2) is 11.2 Å². The van der Waals surface area contributed by atoms with Gasteiger partial charge in [-0.15, -0.1) is 0 Å². The van der Waals surface area contributed by atoms with Gasteiger partial charge in [0.1, 0.15) is 6.04 Å². The largest absolute Gasteiger partial charge is 0.468 e. The number of hydrogen-bond donors (Lipinski definition) is 0. The van der Waals surface area contributed by atoms with E-state index < -0.39 is 40.1 Å². The average Bonchev–Trinajstić information content (AvgIpc) is 3.24. The molecule has 5 rings (SSSR count). The molecular weight excluding hydrogens is 458 g/mol. The number of para-hydroxylation sites is 1. The molecule has 36 heavy (non-hydrogen) atoms. The number of ketones is 1. The summed E-state index contributed by atoms with van der Waals surface area (Å²) < 4.78 is 5.18. The molecule has 8 nitrogen and oxygen atoms in total. The summed E-state index contributed by atoms with van der Waals surface area (Å²) in [6, 6.07) is 22.3. The van der Waals surface area contributed by atoms with Crippen molar-refractivity contribution >= 4 is 29.2 Å². The summed E-state index contributed by atoms with van der Waals surface area (Å²) in [4.78, 5) is 40.4. The zero-order chi connectivity index (χ0) is 25.4. The van der Waals surface area contributed by atoms with Gasteiger partial charge >= 0.3 is 5.97 Å². The summed E-state index contributed by atoms with van der Waals surface area (Å²) in [5.74, 6) is -2.08. The monoisotopic (exact) mass is 479 g/mol. The molecule has 0 spiro atoms. The van der Waals surface area contributed by atoms with Gasteiger partial charge in [0.2, 0.25) is 0 Å². The number of non-ortho nitro benzene ring substituents is 1. The number of methoxy groups -OCH3 is 1. The highest BCUT2D eigenvalue weighted by molar-refractivity contribution is 6.06. The second-order valence-electron chi connectivity index (χ2n) is 8.75. The van der Waals surface area contributed by atoms with Crippen LogP contribution in [0.3, 0.4) is 0 Å². The Hall–Kier alpha value is -4.77. The molecule has 2 heterocycles. The van der Waals surface area contributed by atoms with Crippen LogP contribution in [0.4, 0.5) is 11.4 Å². The maximum Gasteiger partial charge on any atom is 0.329 e. The van der Waals surface area contributed by atoms with Crippen molar-refractivity contribution in [1.82, 2.24) is 0 Å². The lowest BCUT2D eigenvalue weighted by molar-refractivity contribution is -0.384. The molecule has 0 radical (unpaired) electrons. The van der Waals surface area contributed by atoms with Crippen molar-refractivity contribution in [1.29, 1.82) is 5.26 Å². The van der Waals surface area contributed by atoms with E-state index in [1.165, 1.54) is 31.4 Å². The lowest BCUT2D eigenvalue weighted by Gasteiger charge is -2.36. The van der Waals surface area contributed by atoms with Gasteiger partial charge in [-0.2, -0.15) is 5.26 Å². The Kier molecular flexibility index (Phi) is 5.61. The highest BCUT2D eigenvalue weighted by Crippen LogP contribution is 2.56. The lowest BCUT2D eigenvalue weighted by Crippen LogP contribution is -2.46. The van der Waals surface area contributed by atoms with Crippen LogP contribution in [-0.4, -0.2) is 35.9 Å². The zero-order valence-electron chi connectivity index (χ0n) is 19.3. The maximum absolute atomic E-state index is 14.2. The lowest BCUT2D eigenvalue weighted by atomic mass is 9.68. The van der Waals surface area contributed by atoms with Crippen LogP contribution in [0.5, 0.6) is 0 Å². The molecule has 2 aliphatic rings. The number of ether oxygens (including phenoxy) is 1. The Balaban J connectivity index is 1.80. The summed E-state index contributed by atoms with van der Waals surface area (Å²) in [6.07, 6.45) is 3.60. The van der Waals surface area contributed by atoms with Crippen LogP contribution in [0, 0.1) is 26.9 Å². The fourth-order valence-electron chi connectivity index (χ4n) is 5.51. The number of hydrogen-bond acceptors (Lipinski definition) is 7. The van der Waals surface area contributed by atoms with Crippen molar-refractivity contribution in [3.05, 3.63) is 112 Å². The van der Waals surface area contributed by atoms with Gasteiger partial charge in [-0.25, -0.2) is 0 Å². The predicted octanol–water partition coefficient (Wildman–Crippen LogP) is 4.53. The number of rotatable bonds is 5. The quantitative estimate of drug-likeness (QED) is 0.229. The van der Waals surface area contributed by atoms with Gasteiger partial charge in [0.25, 0.3) is 5.69 Å². The molecule has 0 bridgehead atoms. The van der Waals surface area contributed by atoms with Gasteiger partial charge < -0.3 is 9.64 Å². The minimum Gasteiger partial charge on any atom is -0.468 e. The Labute approximate surface area is 207 Å². The molecule has 0 unspecified atom stereocenters. The van der Waals surface area contributed by atoms with Crippen LogP contribution in [0.1, 0.15) is 27.4 Å². The Bertz CT molecular complexity index is 1440. The van der Waals surface area contributed by atoms with Crippen LogP contribution in [0.15, 0.2) is 84.9 Å². The molecule has 0 aliphatic carbocycles. The van der Waals surface area contributed by atoms with Gasteiger partial charge in [-0.1, -0.05) is 72.8 Å². The molecular formula is C28H21N3O5. The Morgan fingerprint density at radius 3 is 2.47 bits per heavy atom. The number of carbonyl (C=O) groups excluding carboxylic acids is 2. The van der Waals surface area contributed by atoms with Gasteiger partial charge in [-0.3, -0.25) is 19.7 Å². The summed E-state index contributed by atoms with van der Waals surface area (Å²) in [5, 5.41) is 22.0. The van der Waals surface area contributed by atoms with Crippen molar-refractivity contribution in [2.24, 2.45) is 5.41 Å². The maximum atomic E-state index is 14.2. The number of fused-ring (bicyclic) bond motifs is 3. The van der Waals surface area contributed by atoms with Gasteiger partial charge in [0.05, 0.1) is 24.1 Å². The Morgan fingerprint density at radius 2 is 1.78 bits per heavy atom. The van der Waals surface area contributed by atoms with Crippen molar-refractivity contribution in [2.75, 3.05) is 12.0 Å². The number of esters is 1. The average molecular weight is 479 g/mol. The highest BCUT2D eigenvalue weighted by atomic mass is 16.6. The number of anilines is 1. The topological polar surface area (TPSA) is 114 Å². The predicted molar refractivity (Wildman–Crippen MR) is 132 cm³/mol. The molecule has 3 aromatic rings. The van der Waals surface area contributed by atoms with Crippen LogP contribution < -0.4 is 4.90 Å². The van der Waals surface area contributed by atoms with Crippen molar-refractivity contribution in [2.45, 2.75) is 18.0 Å². The first-order chi connectivity index (χ1) is 17.4. The Morgan fingerprint density at radius 1 is 1.06 bits per heavy atom. The molecule has 1 fully saturated rings. The number of nitro benzene ring substituents is 1. The fourth-order valence-corrected chi connectivity index (χ4v) is 5.51. The molecule has 0 aromatic heterocycles. The van der Waals surface area contributed by atoms with E-state index in [9.17, 15) is 25.0 Å². The first-order valence-corrected chi connectivity index (χ1v) is 11.3. The number of benzene rings is 3. The third-order valence-corrected chi connectivity index (χ3v) is 7.02. The molecule has 3 aromatic carbocycles. The van der Waals surface area contributed by atoms with Gasteiger partial charge in [0, 0.05) is 29.3 Å². The van der Waals surface area contributed by atoms with E-state index >= 15 is 0 Å². The van der Waals surface area contributed by atoms with E-state index in [4.69, 9.17) is 4.74 Å². The molecule has 0 saturated carbocycles. The summed E-state index contributed by atoms with van der Waals surface area (Å²) in [5.41, 5.74) is 0.297. The van der Waals surface area contributed by atoms with E-state index in [2.05, 4.69) is 6.07 Å². The van der Waals surface area contributed by atoms with E-state index in [-0.39, 0.29) is 11.3 Å². The van der Waals surface area contributed by atoms with E-state index in [1.54, 1.807) is 35.2 Å². The van der Waals surface area contributed by atoms with Gasteiger partial charge in [-0.05, 0) is 17.2 Å². The van der Waals surface area contributed by atoms with E-state index in [0.717, 1.165) is 5.56 Å². The second-order valence-corrected chi connectivity index (χ2v) is 8.75. The van der Waals surface area contributed by atoms with Crippen LogP contribution in [0.25, 0.3) is 6.08 Å². The van der Waals surface area contributed by atoms with E-state index in [0.29, 0.717) is 11.3 Å². The number of nitrogens with zero attached hydrogens (tertiary/aromatic N) is 3. The third kappa shape index (κ3) is 3.28. The van der Waals surface area contributed by atoms with Crippen LogP contribution >= 0.6 is 0 Å². The molecule has 4 atom stereocenters. The minimum atomic E-state index is -1.75. The standard InChI is InChI=1S/C28H21N3O5/c1-36-27(33)28(17-29)23-15-14-18-8-5-6-13-22(18)30(23)25(24(28)19-9-3-2-4-10-19)26(32)20-11-7-12-21(16-20)31(34)35/h2-16,23-25H,1H3/t23-,24+,25+,28-/m0/s1. The first kappa shape index (κ1) is 23.0. The first-order valence-electron chi connectivity index (χ1n) is 11.3. The summed E-state index contributed by atoms with van der Waals surface area (Å²) in [6.45, 7) is 0. The van der Waals surface area contributed by atoms with Crippen LogP contribution in [0.2, 0.25) is 0 Å². The fraction of sp³-hybridized carbons (Fsp3) is 0.179. The molecule has 8 heteroatoms. The molecule has 0 N–H and O–H groups in total. The van der Waals surface area contributed by atoms with Crippen molar-refractivity contribution < 1.29 is 19.2 Å². The molecule has 1 saturated heterocycles. The normalized spacial score (nSPS) is 23.8. The molecule has 0 amide bonds. The highest BCUT2D eigenvalue weighted by Gasteiger charge is 2.67. The second kappa shape index (κ2) is 8.78. The number of carbonyl (C=O) groups is 2. The number of nitro groups is 1. The number of Topliss-reactive ketones (excluding diaryl/α,β-unsaturated/α-hetero) is 1. The third-order valence-electron chi connectivity index (χ3n) is 7.02. The van der Waals surface area contributed by atoms with Crippen LogP contribution in [-0.2, 0) is 9.53 Å². The minimum absolute atomic E-state index is 0.125. The molecule has 2 aliphatic heterocycles. The smallest absolute Gasteiger partial charge is 0.329 e. The van der Waals surface area contributed by atoms with Crippen molar-refractivity contribution in [3.63, 3.8) is 0 Å².